The zero-order chi connectivity index (χ0) is 17.8. The molecular weight excluding hydrogens is 328 g/mol. The SMILES string of the molecule is O=C(O)CCN(C(=O)c1ccc2c(c1)OCC(=O)N2)C1CCOCC1. The molecule has 2 amide bonds. The highest BCUT2D eigenvalue weighted by molar-refractivity contribution is 5.99. The van der Waals surface area contributed by atoms with E-state index in [4.69, 9.17) is 14.6 Å². The predicted molar refractivity (Wildman–Crippen MR) is 87.7 cm³/mol. The van der Waals surface area contributed by atoms with E-state index in [2.05, 4.69) is 5.32 Å². The molecule has 2 aliphatic rings. The number of benzene rings is 1. The van der Waals surface area contributed by atoms with Crippen LogP contribution in [0.2, 0.25) is 0 Å². The molecule has 8 heteroatoms. The van der Waals surface area contributed by atoms with Gasteiger partial charge in [0.15, 0.2) is 6.61 Å². The Morgan fingerprint density at radius 2 is 2.04 bits per heavy atom. The summed E-state index contributed by atoms with van der Waals surface area (Å²) >= 11 is 0. The maximum absolute atomic E-state index is 13.0. The van der Waals surface area contributed by atoms with E-state index in [1.807, 2.05) is 0 Å². The Kier molecular flexibility index (Phi) is 5.18. The molecule has 0 bridgehead atoms. The number of hydrogen-bond acceptors (Lipinski definition) is 5. The molecule has 2 aliphatic heterocycles. The van der Waals surface area contributed by atoms with Gasteiger partial charge in [-0.05, 0) is 31.0 Å². The van der Waals surface area contributed by atoms with Crippen LogP contribution in [0.3, 0.4) is 0 Å². The average Bonchev–Trinajstić information content (AvgIpc) is 2.62. The topological polar surface area (TPSA) is 105 Å². The Morgan fingerprint density at radius 3 is 2.76 bits per heavy atom. The average molecular weight is 348 g/mol. The molecule has 2 N–H and O–H groups in total. The molecule has 0 saturated carbocycles. The standard InChI is InChI=1S/C17H20N2O6/c20-15-10-25-14-9-11(1-2-13(14)18-15)17(23)19(6-3-16(21)22)12-4-7-24-8-5-12/h1-2,9,12H,3-8,10H2,(H,18,20)(H,21,22). The van der Waals surface area contributed by atoms with Crippen LogP contribution in [0.15, 0.2) is 18.2 Å². The van der Waals surface area contributed by atoms with E-state index in [1.54, 1.807) is 23.1 Å². The minimum atomic E-state index is -0.943. The van der Waals surface area contributed by atoms with E-state index in [0.717, 1.165) is 0 Å². The van der Waals surface area contributed by atoms with E-state index in [-0.39, 0.29) is 37.4 Å². The van der Waals surface area contributed by atoms with Crippen molar-refractivity contribution in [1.29, 1.82) is 0 Å². The van der Waals surface area contributed by atoms with Crippen molar-refractivity contribution < 1.29 is 29.0 Å². The second-order valence-corrected chi connectivity index (χ2v) is 6.03. The molecule has 1 aromatic carbocycles. The van der Waals surface area contributed by atoms with E-state index in [1.165, 1.54) is 0 Å². The van der Waals surface area contributed by atoms with Gasteiger partial charge >= 0.3 is 5.97 Å². The molecule has 1 aromatic rings. The van der Waals surface area contributed by atoms with Gasteiger partial charge in [-0.2, -0.15) is 0 Å². The van der Waals surface area contributed by atoms with E-state index >= 15 is 0 Å². The number of nitrogens with one attached hydrogen (secondary N) is 1. The molecule has 25 heavy (non-hydrogen) atoms. The molecular formula is C17H20N2O6. The first-order valence-corrected chi connectivity index (χ1v) is 8.22. The number of ether oxygens (including phenoxy) is 2. The molecule has 8 nitrogen and oxygen atoms in total. The lowest BCUT2D eigenvalue weighted by Gasteiger charge is -2.34. The van der Waals surface area contributed by atoms with Crippen molar-refractivity contribution in [3.05, 3.63) is 23.8 Å². The third-order valence-electron chi connectivity index (χ3n) is 4.32. The van der Waals surface area contributed by atoms with Crippen molar-refractivity contribution in [3.8, 4) is 5.75 Å². The summed E-state index contributed by atoms with van der Waals surface area (Å²) in [7, 11) is 0. The summed E-state index contributed by atoms with van der Waals surface area (Å²) < 4.78 is 10.7. The molecule has 3 rings (SSSR count). The first-order chi connectivity index (χ1) is 12.0. The van der Waals surface area contributed by atoms with Gasteiger partial charge < -0.3 is 24.8 Å². The minimum Gasteiger partial charge on any atom is -0.482 e. The zero-order valence-electron chi connectivity index (χ0n) is 13.7. The van der Waals surface area contributed by atoms with Gasteiger partial charge in [0, 0.05) is 31.4 Å². The Labute approximate surface area is 144 Å². The summed E-state index contributed by atoms with van der Waals surface area (Å²) in [5.41, 5.74) is 0.933. The summed E-state index contributed by atoms with van der Waals surface area (Å²) in [6.45, 7) is 1.17. The third kappa shape index (κ3) is 4.08. The second kappa shape index (κ2) is 7.52. The number of anilines is 1. The number of amides is 2. The highest BCUT2D eigenvalue weighted by Gasteiger charge is 2.28. The largest absolute Gasteiger partial charge is 0.482 e. The quantitative estimate of drug-likeness (QED) is 0.826. The lowest BCUT2D eigenvalue weighted by molar-refractivity contribution is -0.137. The summed E-state index contributed by atoms with van der Waals surface area (Å²) in [6.07, 6.45) is 1.26. The van der Waals surface area contributed by atoms with Crippen LogP contribution in [0.5, 0.6) is 5.75 Å². The number of fused-ring (bicyclic) bond motifs is 1. The molecule has 0 unspecified atom stereocenters. The summed E-state index contributed by atoms with van der Waals surface area (Å²) in [5, 5.41) is 11.6. The third-order valence-corrected chi connectivity index (χ3v) is 4.32. The lowest BCUT2D eigenvalue weighted by Crippen LogP contribution is -2.44. The highest BCUT2D eigenvalue weighted by atomic mass is 16.5. The predicted octanol–water partition coefficient (Wildman–Crippen LogP) is 1.11. The molecule has 0 aromatic heterocycles. The monoisotopic (exact) mass is 348 g/mol. The maximum Gasteiger partial charge on any atom is 0.305 e. The molecule has 134 valence electrons. The van der Waals surface area contributed by atoms with Crippen LogP contribution in [0.25, 0.3) is 0 Å². The van der Waals surface area contributed by atoms with Crippen LogP contribution in [-0.4, -0.2) is 60.2 Å². The van der Waals surface area contributed by atoms with Crippen molar-refractivity contribution in [3.63, 3.8) is 0 Å². The fourth-order valence-corrected chi connectivity index (χ4v) is 3.04. The molecule has 2 heterocycles. The molecule has 0 spiro atoms. The number of nitrogens with zero attached hydrogens (tertiary/aromatic N) is 1. The van der Waals surface area contributed by atoms with Crippen LogP contribution >= 0.6 is 0 Å². The summed E-state index contributed by atoms with van der Waals surface area (Å²) in [4.78, 5) is 36.8. The second-order valence-electron chi connectivity index (χ2n) is 6.03. The Balaban J connectivity index is 1.80. The van der Waals surface area contributed by atoms with E-state index < -0.39 is 5.97 Å². The normalized spacial score (nSPS) is 17.2. The van der Waals surface area contributed by atoms with Gasteiger partial charge in [-0.3, -0.25) is 14.4 Å². The molecule has 0 atom stereocenters. The number of carbonyl (C=O) groups excluding carboxylic acids is 2. The molecule has 0 radical (unpaired) electrons. The van der Waals surface area contributed by atoms with Gasteiger partial charge in [-0.25, -0.2) is 0 Å². The van der Waals surface area contributed by atoms with Crippen molar-refractivity contribution >= 4 is 23.5 Å². The van der Waals surface area contributed by atoms with Gasteiger partial charge in [0.25, 0.3) is 11.8 Å². The molecule has 1 saturated heterocycles. The fourth-order valence-electron chi connectivity index (χ4n) is 3.04. The number of carbonyl (C=O) groups is 3. The zero-order valence-corrected chi connectivity index (χ0v) is 13.7. The van der Waals surface area contributed by atoms with Crippen molar-refractivity contribution in [2.75, 3.05) is 31.7 Å². The number of rotatable bonds is 5. The van der Waals surface area contributed by atoms with Crippen LogP contribution < -0.4 is 10.1 Å². The summed E-state index contributed by atoms with van der Waals surface area (Å²) in [5.74, 6) is -0.981. The number of carboxylic acids is 1. The number of carboxylic acid groups (broad SMARTS) is 1. The van der Waals surface area contributed by atoms with Crippen LogP contribution in [0.4, 0.5) is 5.69 Å². The first-order valence-electron chi connectivity index (χ1n) is 8.22. The van der Waals surface area contributed by atoms with Crippen LogP contribution in [0, 0.1) is 0 Å². The lowest BCUT2D eigenvalue weighted by atomic mass is 10.0. The highest BCUT2D eigenvalue weighted by Crippen LogP contribution is 2.29. The van der Waals surface area contributed by atoms with Gasteiger partial charge in [-0.15, -0.1) is 0 Å². The maximum atomic E-state index is 13.0. The van der Waals surface area contributed by atoms with Crippen molar-refractivity contribution in [2.24, 2.45) is 0 Å². The minimum absolute atomic E-state index is 0.0442. The first kappa shape index (κ1) is 17.2. The Morgan fingerprint density at radius 1 is 1.28 bits per heavy atom. The van der Waals surface area contributed by atoms with Gasteiger partial charge in [-0.1, -0.05) is 0 Å². The van der Waals surface area contributed by atoms with Gasteiger partial charge in [0.1, 0.15) is 5.75 Å². The molecule has 0 aliphatic carbocycles. The van der Waals surface area contributed by atoms with Crippen LogP contribution in [-0.2, 0) is 14.3 Å². The Hall–Kier alpha value is -2.61. The van der Waals surface area contributed by atoms with Crippen molar-refractivity contribution in [2.45, 2.75) is 25.3 Å². The van der Waals surface area contributed by atoms with Gasteiger partial charge in [0.2, 0.25) is 0 Å². The molecule has 1 fully saturated rings. The fraction of sp³-hybridized carbons (Fsp3) is 0.471. The smallest absolute Gasteiger partial charge is 0.305 e. The Bertz CT molecular complexity index is 684. The summed E-state index contributed by atoms with van der Waals surface area (Å²) in [6, 6.07) is 4.78. The van der Waals surface area contributed by atoms with Gasteiger partial charge in [0.05, 0.1) is 12.1 Å². The van der Waals surface area contributed by atoms with E-state index in [0.29, 0.717) is 43.1 Å². The van der Waals surface area contributed by atoms with Crippen LogP contribution in [0.1, 0.15) is 29.6 Å². The number of aliphatic carboxylic acids is 1. The van der Waals surface area contributed by atoms with Crippen molar-refractivity contribution in [1.82, 2.24) is 4.90 Å². The number of hydrogen-bond donors (Lipinski definition) is 2. The van der Waals surface area contributed by atoms with E-state index in [9.17, 15) is 14.4 Å².